The topological polar surface area (TPSA) is 78.9 Å². The second-order valence-corrected chi connectivity index (χ2v) is 5.67. The zero-order valence-electron chi connectivity index (χ0n) is 13.2. The van der Waals surface area contributed by atoms with Gasteiger partial charge in [0.15, 0.2) is 0 Å². The average Bonchev–Trinajstić information content (AvgIpc) is 2.59. The molecule has 0 saturated heterocycles. The fraction of sp³-hybridized carbons (Fsp3) is 0.222. The number of carboxylic acid groups (broad SMARTS) is 1. The number of fused-ring (bicyclic) bond motifs is 1. The molecule has 0 aliphatic carbocycles. The molecule has 0 spiro atoms. The van der Waals surface area contributed by atoms with Crippen LogP contribution in [0.25, 0.3) is 0 Å². The number of nitrogens with one attached hydrogen (secondary N) is 1. The number of hydrogen-bond acceptors (Lipinski definition) is 3. The highest BCUT2D eigenvalue weighted by atomic mass is 16.7. The van der Waals surface area contributed by atoms with Crippen molar-refractivity contribution in [3.8, 4) is 0 Å². The third-order valence-corrected chi connectivity index (χ3v) is 4.09. The fourth-order valence-electron chi connectivity index (χ4n) is 2.86. The van der Waals surface area contributed by atoms with Gasteiger partial charge in [0, 0.05) is 5.92 Å². The zero-order valence-corrected chi connectivity index (χ0v) is 13.2. The number of carbonyl (C=O) groups is 2. The first-order chi connectivity index (χ1) is 11.6. The van der Waals surface area contributed by atoms with Gasteiger partial charge in [0.25, 0.3) is 5.91 Å². The number of nitrogens with zero attached hydrogens (tertiary/aromatic N) is 1. The van der Waals surface area contributed by atoms with E-state index in [1.165, 1.54) is 5.06 Å². The minimum Gasteiger partial charge on any atom is -0.465 e. The Kier molecular flexibility index (Phi) is 4.48. The monoisotopic (exact) mass is 326 g/mol. The van der Waals surface area contributed by atoms with Crippen LogP contribution in [0.4, 0.5) is 10.5 Å². The molecule has 0 saturated carbocycles. The minimum atomic E-state index is -1.23. The molecule has 0 radical (unpaired) electrons. The third-order valence-electron chi connectivity index (χ3n) is 4.09. The van der Waals surface area contributed by atoms with E-state index in [1.807, 2.05) is 55.5 Å². The Morgan fingerprint density at radius 1 is 1.17 bits per heavy atom. The van der Waals surface area contributed by atoms with Crippen LogP contribution < -0.4 is 10.4 Å². The highest BCUT2D eigenvalue weighted by Gasteiger charge is 2.39. The van der Waals surface area contributed by atoms with Crippen LogP contribution in [0.2, 0.25) is 0 Å². The summed E-state index contributed by atoms with van der Waals surface area (Å²) in [5.41, 5.74) is 2.43. The quantitative estimate of drug-likeness (QED) is 0.905. The molecular weight excluding hydrogens is 308 g/mol. The lowest BCUT2D eigenvalue weighted by molar-refractivity contribution is -0.129. The summed E-state index contributed by atoms with van der Waals surface area (Å²) in [7, 11) is 0. The first kappa shape index (κ1) is 16.0. The van der Waals surface area contributed by atoms with Gasteiger partial charge >= 0.3 is 6.09 Å². The van der Waals surface area contributed by atoms with Crippen LogP contribution in [-0.2, 0) is 16.2 Å². The minimum absolute atomic E-state index is 0.217. The highest BCUT2D eigenvalue weighted by molar-refractivity contribution is 6.00. The van der Waals surface area contributed by atoms with Crippen LogP contribution in [0.15, 0.2) is 54.6 Å². The van der Waals surface area contributed by atoms with E-state index in [1.54, 1.807) is 6.07 Å². The van der Waals surface area contributed by atoms with E-state index < -0.39 is 18.0 Å². The summed E-state index contributed by atoms with van der Waals surface area (Å²) in [6.07, 6.45) is -1.23. The molecule has 0 bridgehead atoms. The molecule has 124 valence electrons. The molecule has 1 aliphatic rings. The first-order valence-corrected chi connectivity index (χ1v) is 7.67. The van der Waals surface area contributed by atoms with E-state index in [0.29, 0.717) is 5.69 Å². The second kappa shape index (κ2) is 6.72. The van der Waals surface area contributed by atoms with Gasteiger partial charge in [-0.1, -0.05) is 55.5 Å². The summed E-state index contributed by atoms with van der Waals surface area (Å²) in [5, 5.41) is 12.5. The van der Waals surface area contributed by atoms with Gasteiger partial charge in [-0.25, -0.2) is 4.79 Å². The highest BCUT2D eigenvalue weighted by Crippen LogP contribution is 2.36. The van der Waals surface area contributed by atoms with Crippen molar-refractivity contribution in [2.75, 3.05) is 5.06 Å². The van der Waals surface area contributed by atoms with Crippen LogP contribution in [0, 0.1) is 0 Å². The molecule has 2 aromatic rings. The summed E-state index contributed by atoms with van der Waals surface area (Å²) >= 11 is 0. The van der Waals surface area contributed by atoms with Crippen LogP contribution in [0.1, 0.15) is 24.0 Å². The van der Waals surface area contributed by atoms with E-state index >= 15 is 0 Å². The van der Waals surface area contributed by atoms with Crippen LogP contribution >= 0.6 is 0 Å². The van der Waals surface area contributed by atoms with Crippen LogP contribution in [-0.4, -0.2) is 23.1 Å². The van der Waals surface area contributed by atoms with Crippen molar-refractivity contribution in [1.29, 1.82) is 0 Å². The molecule has 6 heteroatoms. The van der Waals surface area contributed by atoms with Gasteiger partial charge in [0.2, 0.25) is 0 Å². The Morgan fingerprint density at radius 3 is 2.54 bits per heavy atom. The number of anilines is 1. The SMILES string of the molecule is C[C@@H]1c2ccccc2N(OCc2ccccc2)C(=O)[C@H]1NC(=O)O. The Balaban J connectivity index is 1.89. The summed E-state index contributed by atoms with van der Waals surface area (Å²) in [4.78, 5) is 29.5. The van der Waals surface area contributed by atoms with Crippen molar-refractivity contribution in [1.82, 2.24) is 5.32 Å². The van der Waals surface area contributed by atoms with Crippen molar-refractivity contribution in [2.45, 2.75) is 25.5 Å². The number of hydrogen-bond donors (Lipinski definition) is 2. The molecule has 2 aromatic carbocycles. The van der Waals surface area contributed by atoms with Crippen molar-refractivity contribution in [3.63, 3.8) is 0 Å². The Bertz CT molecular complexity index is 748. The predicted molar refractivity (Wildman–Crippen MR) is 88.5 cm³/mol. The predicted octanol–water partition coefficient (Wildman–Crippen LogP) is 2.90. The summed E-state index contributed by atoms with van der Waals surface area (Å²) in [6, 6.07) is 16.0. The summed E-state index contributed by atoms with van der Waals surface area (Å²) in [6.45, 7) is 2.04. The third kappa shape index (κ3) is 3.09. The maximum absolute atomic E-state index is 12.7. The Labute approximate surface area is 139 Å². The molecule has 2 N–H and O–H groups in total. The maximum Gasteiger partial charge on any atom is 0.405 e. The van der Waals surface area contributed by atoms with Gasteiger partial charge in [-0.2, -0.15) is 5.06 Å². The molecule has 2 atom stereocenters. The van der Waals surface area contributed by atoms with Crippen LogP contribution in [0.5, 0.6) is 0 Å². The van der Waals surface area contributed by atoms with Gasteiger partial charge in [0.05, 0.1) is 5.69 Å². The zero-order chi connectivity index (χ0) is 17.1. The Morgan fingerprint density at radius 2 is 1.83 bits per heavy atom. The van der Waals surface area contributed by atoms with Gasteiger partial charge < -0.3 is 10.4 Å². The van der Waals surface area contributed by atoms with Gasteiger partial charge in [-0.15, -0.1) is 0 Å². The molecular formula is C18H18N2O4. The van der Waals surface area contributed by atoms with E-state index in [-0.39, 0.29) is 12.5 Å². The van der Waals surface area contributed by atoms with Gasteiger partial charge in [-0.3, -0.25) is 9.63 Å². The van der Waals surface area contributed by atoms with Gasteiger partial charge in [-0.05, 0) is 17.2 Å². The molecule has 1 heterocycles. The molecule has 6 nitrogen and oxygen atoms in total. The van der Waals surface area contributed by atoms with Crippen molar-refractivity contribution in [2.24, 2.45) is 0 Å². The van der Waals surface area contributed by atoms with Gasteiger partial charge in [0.1, 0.15) is 12.6 Å². The summed E-state index contributed by atoms with van der Waals surface area (Å²) in [5.74, 6) is -0.694. The molecule has 3 rings (SSSR count). The molecule has 0 fully saturated rings. The largest absolute Gasteiger partial charge is 0.465 e. The van der Waals surface area contributed by atoms with E-state index in [2.05, 4.69) is 5.32 Å². The lowest BCUT2D eigenvalue weighted by atomic mass is 9.88. The molecule has 0 unspecified atom stereocenters. The van der Waals surface area contributed by atoms with Crippen molar-refractivity contribution in [3.05, 3.63) is 65.7 Å². The number of amides is 2. The molecule has 2 amide bonds. The number of carbonyl (C=O) groups excluding carboxylic acids is 1. The lowest BCUT2D eigenvalue weighted by Crippen LogP contribution is -2.54. The standard InChI is InChI=1S/C18H18N2O4/c1-12-14-9-5-6-10-15(14)20(17(21)16(12)19-18(22)23)24-11-13-7-3-2-4-8-13/h2-10,12,16,19H,11H2,1H3,(H,22,23)/t12-,16+/m1/s1. The molecule has 0 aromatic heterocycles. The van der Waals surface area contributed by atoms with Crippen molar-refractivity contribution >= 4 is 17.7 Å². The number of benzene rings is 2. The summed E-state index contributed by atoms with van der Waals surface area (Å²) < 4.78 is 0. The number of hydroxylamine groups is 1. The van der Waals surface area contributed by atoms with Crippen LogP contribution in [0.3, 0.4) is 0 Å². The Hall–Kier alpha value is -2.86. The normalized spacial score (nSPS) is 19.7. The number of para-hydroxylation sites is 1. The lowest BCUT2D eigenvalue weighted by Gasteiger charge is -2.36. The van der Waals surface area contributed by atoms with E-state index in [9.17, 15) is 9.59 Å². The fourth-order valence-corrected chi connectivity index (χ4v) is 2.86. The smallest absolute Gasteiger partial charge is 0.405 e. The first-order valence-electron chi connectivity index (χ1n) is 7.67. The average molecular weight is 326 g/mol. The number of rotatable bonds is 4. The van der Waals surface area contributed by atoms with E-state index in [0.717, 1.165) is 11.1 Å². The van der Waals surface area contributed by atoms with E-state index in [4.69, 9.17) is 9.94 Å². The molecule has 24 heavy (non-hydrogen) atoms. The second-order valence-electron chi connectivity index (χ2n) is 5.67. The maximum atomic E-state index is 12.7. The molecule has 1 aliphatic heterocycles. The van der Waals surface area contributed by atoms with Crippen molar-refractivity contribution < 1.29 is 19.5 Å².